The molecule has 0 amide bonds. The van der Waals surface area contributed by atoms with E-state index in [1.165, 1.54) is 0 Å². The highest BCUT2D eigenvalue weighted by Crippen LogP contribution is 2.21. The second-order valence-electron chi connectivity index (χ2n) is 6.58. The second-order valence-corrected chi connectivity index (χ2v) is 6.58. The largest absolute Gasteiger partial charge is 0.364 e. The highest BCUT2D eigenvalue weighted by molar-refractivity contribution is 5.15. The zero-order chi connectivity index (χ0) is 17.7. The normalized spacial score (nSPS) is 17.3. The second kappa shape index (κ2) is 8.10. The number of aromatic nitrogens is 1. The van der Waals surface area contributed by atoms with Gasteiger partial charge in [0, 0.05) is 25.0 Å². The van der Waals surface area contributed by atoms with Crippen molar-refractivity contribution in [3.8, 4) is 0 Å². The average Bonchev–Trinajstić information content (AvgIpc) is 2.56. The van der Waals surface area contributed by atoms with E-state index in [-0.39, 0.29) is 16.7 Å². The fraction of sp³-hybridized carbons (Fsp3) is 0.588. The van der Waals surface area contributed by atoms with Crippen molar-refractivity contribution in [3.05, 3.63) is 51.7 Å². The summed E-state index contributed by atoms with van der Waals surface area (Å²) in [5, 5.41) is 15.0. The molecule has 2 heterocycles. The van der Waals surface area contributed by atoms with Gasteiger partial charge in [0.1, 0.15) is 0 Å². The van der Waals surface area contributed by atoms with Crippen molar-refractivity contribution >= 4 is 0 Å². The van der Waals surface area contributed by atoms with Crippen molar-refractivity contribution in [2.45, 2.75) is 40.3 Å². The van der Waals surface area contributed by atoms with Crippen LogP contribution in [0.15, 0.2) is 36.0 Å². The van der Waals surface area contributed by atoms with Crippen molar-refractivity contribution < 1.29 is 4.92 Å². The van der Waals surface area contributed by atoms with Crippen molar-refractivity contribution in [1.29, 1.82) is 0 Å². The predicted octanol–water partition coefficient (Wildman–Crippen LogP) is 2.26. The smallest absolute Gasteiger partial charge is 0.299 e. The van der Waals surface area contributed by atoms with E-state index in [1.807, 2.05) is 24.0 Å². The summed E-state index contributed by atoms with van der Waals surface area (Å²) in [5.74, 6) is 1.02. The van der Waals surface area contributed by atoms with Crippen LogP contribution in [0.1, 0.15) is 33.3 Å². The average molecular weight is 333 g/mol. The minimum atomic E-state index is -0.257. The Morgan fingerprint density at radius 1 is 1.42 bits per heavy atom. The Bertz CT molecular complexity index is 588. The molecule has 7 nitrogen and oxygen atoms in total. The molecule has 0 radical (unpaired) electrons. The van der Waals surface area contributed by atoms with E-state index >= 15 is 0 Å². The Kier molecular flexibility index (Phi) is 6.14. The zero-order valence-corrected chi connectivity index (χ0v) is 14.9. The molecule has 24 heavy (non-hydrogen) atoms. The lowest BCUT2D eigenvalue weighted by Gasteiger charge is -2.38. The maximum Gasteiger partial charge on any atom is 0.299 e. The van der Waals surface area contributed by atoms with Crippen molar-refractivity contribution in [2.24, 2.45) is 5.92 Å². The van der Waals surface area contributed by atoms with Gasteiger partial charge in [-0.25, -0.2) is 0 Å². The van der Waals surface area contributed by atoms with Gasteiger partial charge >= 0.3 is 0 Å². The Balaban J connectivity index is 2.34. The number of hydrogen-bond acceptors (Lipinski definition) is 6. The van der Waals surface area contributed by atoms with Crippen LogP contribution >= 0.6 is 0 Å². The molecular formula is C17H27N5O2. The lowest BCUT2D eigenvalue weighted by molar-refractivity contribution is -0.433. The van der Waals surface area contributed by atoms with Crippen LogP contribution in [-0.4, -0.2) is 45.5 Å². The fourth-order valence-electron chi connectivity index (χ4n) is 2.59. The van der Waals surface area contributed by atoms with Crippen LogP contribution in [0.25, 0.3) is 0 Å². The molecule has 2 rings (SSSR count). The molecule has 0 saturated carbocycles. The highest BCUT2D eigenvalue weighted by atomic mass is 16.6. The van der Waals surface area contributed by atoms with Gasteiger partial charge in [-0.3, -0.25) is 20.0 Å². The van der Waals surface area contributed by atoms with Crippen LogP contribution in [0.4, 0.5) is 0 Å². The number of nitrogens with one attached hydrogen (secondary N) is 1. The molecular weight excluding hydrogens is 306 g/mol. The first kappa shape index (κ1) is 18.2. The number of nitrogens with zero attached hydrogens (tertiary/aromatic N) is 4. The number of hydrogen-bond donors (Lipinski definition) is 1. The third kappa shape index (κ3) is 4.44. The van der Waals surface area contributed by atoms with Gasteiger partial charge in [0.05, 0.1) is 18.1 Å². The molecule has 0 bridgehead atoms. The van der Waals surface area contributed by atoms with Crippen LogP contribution in [-0.2, 0) is 6.54 Å². The molecule has 1 atom stereocenters. The van der Waals surface area contributed by atoms with Crippen LogP contribution < -0.4 is 5.32 Å². The number of rotatable bonds is 7. The van der Waals surface area contributed by atoms with Gasteiger partial charge in [-0.15, -0.1) is 0 Å². The molecule has 1 aliphatic heterocycles. The molecule has 1 N–H and O–H groups in total. The minimum absolute atomic E-state index is 0.152. The van der Waals surface area contributed by atoms with E-state index in [0.717, 1.165) is 12.1 Å². The van der Waals surface area contributed by atoms with Gasteiger partial charge in [-0.05, 0) is 31.0 Å². The maximum atomic E-state index is 11.6. The van der Waals surface area contributed by atoms with Gasteiger partial charge in [0.15, 0.2) is 5.82 Å². The molecule has 7 heteroatoms. The van der Waals surface area contributed by atoms with Gasteiger partial charge in [0.25, 0.3) is 5.70 Å². The lowest BCUT2D eigenvalue weighted by Crippen LogP contribution is -2.50. The number of pyridine rings is 1. The molecule has 132 valence electrons. The Morgan fingerprint density at radius 2 is 2.17 bits per heavy atom. The first-order valence-electron chi connectivity index (χ1n) is 8.42. The fourth-order valence-corrected chi connectivity index (χ4v) is 2.59. The Morgan fingerprint density at radius 3 is 2.71 bits per heavy atom. The monoisotopic (exact) mass is 333 g/mol. The first-order chi connectivity index (χ1) is 11.4. The molecule has 1 aromatic rings. The molecule has 0 spiro atoms. The molecule has 0 aromatic carbocycles. The number of likely N-dealkylation sites (N-methyl/N-ethyl adjacent to an activating group) is 1. The summed E-state index contributed by atoms with van der Waals surface area (Å²) in [6.07, 6.45) is 3.54. The van der Waals surface area contributed by atoms with E-state index in [2.05, 4.69) is 36.0 Å². The third-order valence-corrected chi connectivity index (χ3v) is 4.46. The van der Waals surface area contributed by atoms with Gasteiger partial charge < -0.3 is 10.2 Å². The summed E-state index contributed by atoms with van der Waals surface area (Å²) >= 11 is 0. The maximum absolute atomic E-state index is 11.6. The molecule has 0 aliphatic carbocycles. The van der Waals surface area contributed by atoms with E-state index < -0.39 is 0 Å². The number of nitro groups is 1. The summed E-state index contributed by atoms with van der Waals surface area (Å²) in [5.41, 5.74) is 1.27. The Hall–Kier alpha value is -2.15. The van der Waals surface area contributed by atoms with E-state index in [4.69, 9.17) is 0 Å². The SMILES string of the molecule is CCN1CC([N+](=O)[O-])=C(NC(C)C(C)C)N(Cc2cccnc2)C1. The van der Waals surface area contributed by atoms with Crippen LogP contribution in [0, 0.1) is 16.0 Å². The van der Waals surface area contributed by atoms with E-state index in [9.17, 15) is 10.1 Å². The molecule has 0 fully saturated rings. The molecule has 1 unspecified atom stereocenters. The Labute approximate surface area is 143 Å². The van der Waals surface area contributed by atoms with Crippen LogP contribution in [0.5, 0.6) is 0 Å². The van der Waals surface area contributed by atoms with E-state index in [1.54, 1.807) is 12.4 Å². The van der Waals surface area contributed by atoms with Gasteiger partial charge in [-0.2, -0.15) is 0 Å². The molecule has 1 aliphatic rings. The molecule has 0 saturated heterocycles. The highest BCUT2D eigenvalue weighted by Gasteiger charge is 2.33. The van der Waals surface area contributed by atoms with E-state index in [0.29, 0.717) is 31.5 Å². The van der Waals surface area contributed by atoms with Crippen LogP contribution in [0.2, 0.25) is 0 Å². The molecule has 1 aromatic heterocycles. The minimum Gasteiger partial charge on any atom is -0.364 e. The third-order valence-electron chi connectivity index (χ3n) is 4.46. The van der Waals surface area contributed by atoms with Crippen molar-refractivity contribution in [3.63, 3.8) is 0 Å². The topological polar surface area (TPSA) is 74.5 Å². The van der Waals surface area contributed by atoms with Gasteiger partial charge in [0.2, 0.25) is 0 Å². The van der Waals surface area contributed by atoms with Gasteiger partial charge in [-0.1, -0.05) is 26.8 Å². The predicted molar refractivity (Wildman–Crippen MR) is 93.4 cm³/mol. The standard InChI is InChI=1S/C17H27N5O2/c1-5-20-11-16(22(23)24)17(19-14(4)13(2)3)21(12-20)10-15-7-6-8-18-9-15/h6-9,13-14,19H,5,10-12H2,1-4H3. The van der Waals surface area contributed by atoms with Crippen LogP contribution in [0.3, 0.4) is 0 Å². The summed E-state index contributed by atoms with van der Waals surface area (Å²) in [4.78, 5) is 19.6. The quantitative estimate of drug-likeness (QED) is 0.609. The van der Waals surface area contributed by atoms with Crippen molar-refractivity contribution in [1.82, 2.24) is 20.1 Å². The first-order valence-corrected chi connectivity index (χ1v) is 8.42. The summed E-state index contributed by atoms with van der Waals surface area (Å²) in [6, 6.07) is 4.03. The summed E-state index contributed by atoms with van der Waals surface area (Å²) in [6.45, 7) is 10.7. The van der Waals surface area contributed by atoms with Crippen molar-refractivity contribution in [2.75, 3.05) is 19.8 Å². The summed E-state index contributed by atoms with van der Waals surface area (Å²) in [7, 11) is 0. The zero-order valence-electron chi connectivity index (χ0n) is 14.9. The lowest BCUT2D eigenvalue weighted by atomic mass is 10.1. The summed E-state index contributed by atoms with van der Waals surface area (Å²) < 4.78 is 0.